The van der Waals surface area contributed by atoms with Crippen LogP contribution in [0.25, 0.3) is 0 Å². The molecule has 0 bridgehead atoms. The minimum Gasteiger partial charge on any atom is -0.466 e. The fourth-order valence-electron chi connectivity index (χ4n) is 9.87. The van der Waals surface area contributed by atoms with Gasteiger partial charge in [0.25, 0.3) is 0 Å². The van der Waals surface area contributed by atoms with E-state index in [1.54, 1.807) is 6.08 Å². The molecule has 0 aromatic heterocycles. The standard InChI is InChI=1S/C64H123NO5/c1-3-5-7-9-11-13-14-15-16-28-32-35-38-42-46-50-54-58-64(69)70-59-55-51-47-43-39-36-33-30-27-25-23-21-19-17-18-20-22-24-26-29-31-34-37-41-45-49-53-57-63(68)65-61(60-66)62(67)56-52-48-44-40-12-10-8-6-4-2/h17-18,52,56,61-62,66-67H,3-16,19-51,53-55,57-60H2,1-2H3,(H,65,68)/b18-17-,56-52+. The summed E-state index contributed by atoms with van der Waals surface area (Å²) in [6, 6.07) is -0.626. The molecule has 0 radical (unpaired) electrons. The van der Waals surface area contributed by atoms with Crippen molar-refractivity contribution < 1.29 is 24.5 Å². The van der Waals surface area contributed by atoms with Crippen LogP contribution in [0.4, 0.5) is 0 Å². The number of carbonyl (C=O) groups excluding carboxylic acids is 2. The number of hydrogen-bond donors (Lipinski definition) is 3. The Hall–Kier alpha value is -1.66. The molecule has 2 unspecified atom stereocenters. The Bertz CT molecular complexity index is 1090. The Kier molecular flexibility index (Phi) is 58.5. The third-order valence-electron chi connectivity index (χ3n) is 14.7. The Morgan fingerprint density at radius 1 is 0.386 bits per heavy atom. The highest BCUT2D eigenvalue weighted by molar-refractivity contribution is 5.76. The van der Waals surface area contributed by atoms with Crippen LogP contribution < -0.4 is 5.32 Å². The molecule has 6 heteroatoms. The number of unbranched alkanes of at least 4 members (excludes halogenated alkanes) is 46. The van der Waals surface area contributed by atoms with Gasteiger partial charge >= 0.3 is 5.97 Å². The van der Waals surface area contributed by atoms with Crippen LogP contribution in [0.5, 0.6) is 0 Å². The average molecular weight is 987 g/mol. The Morgan fingerprint density at radius 2 is 0.671 bits per heavy atom. The first-order valence-electron chi connectivity index (χ1n) is 31.6. The fraction of sp³-hybridized carbons (Fsp3) is 0.906. The summed E-state index contributed by atoms with van der Waals surface area (Å²) in [4.78, 5) is 24.5. The van der Waals surface area contributed by atoms with Crippen LogP contribution in [-0.2, 0) is 14.3 Å². The first kappa shape index (κ1) is 68.3. The number of allylic oxidation sites excluding steroid dienone is 3. The number of ether oxygens (including phenoxy) is 1. The van der Waals surface area contributed by atoms with Crippen LogP contribution in [0.1, 0.15) is 348 Å². The fourth-order valence-corrected chi connectivity index (χ4v) is 9.87. The van der Waals surface area contributed by atoms with Crippen molar-refractivity contribution in [3.8, 4) is 0 Å². The highest BCUT2D eigenvalue weighted by atomic mass is 16.5. The molecule has 0 aromatic rings. The van der Waals surface area contributed by atoms with Gasteiger partial charge in [0, 0.05) is 12.8 Å². The SMILES string of the molecule is CCCCCCCCC/C=C/C(O)C(CO)NC(=O)CCCCCCCCCCCCC/C=C\CCCCCCCCCCCCCCOC(=O)CCCCCCCCCCCCCCCCCCC. The number of rotatable bonds is 59. The number of hydrogen-bond acceptors (Lipinski definition) is 5. The highest BCUT2D eigenvalue weighted by Gasteiger charge is 2.18. The molecular formula is C64H123NO5. The summed E-state index contributed by atoms with van der Waals surface area (Å²) in [7, 11) is 0. The molecule has 0 heterocycles. The van der Waals surface area contributed by atoms with E-state index in [0.717, 1.165) is 38.5 Å². The van der Waals surface area contributed by atoms with E-state index in [1.807, 2.05) is 6.08 Å². The number of nitrogens with one attached hydrogen (secondary N) is 1. The summed E-state index contributed by atoms with van der Waals surface area (Å²) in [5, 5.41) is 22.9. The smallest absolute Gasteiger partial charge is 0.305 e. The lowest BCUT2D eigenvalue weighted by atomic mass is 10.0. The maximum atomic E-state index is 12.4. The largest absolute Gasteiger partial charge is 0.466 e. The van der Waals surface area contributed by atoms with Gasteiger partial charge in [0.1, 0.15) is 0 Å². The zero-order chi connectivity index (χ0) is 50.7. The zero-order valence-corrected chi connectivity index (χ0v) is 47.3. The van der Waals surface area contributed by atoms with Crippen molar-refractivity contribution in [1.82, 2.24) is 5.32 Å². The Balaban J connectivity index is 3.34. The van der Waals surface area contributed by atoms with E-state index in [0.29, 0.717) is 19.4 Å². The molecule has 0 spiro atoms. The lowest BCUT2D eigenvalue weighted by Crippen LogP contribution is -2.45. The summed E-state index contributed by atoms with van der Waals surface area (Å²) in [6.45, 7) is 4.90. The molecule has 0 fully saturated rings. The molecule has 0 rings (SSSR count). The number of esters is 1. The molecule has 0 aliphatic carbocycles. The van der Waals surface area contributed by atoms with Crippen molar-refractivity contribution in [3.05, 3.63) is 24.3 Å². The summed E-state index contributed by atoms with van der Waals surface area (Å²) < 4.78 is 5.50. The maximum absolute atomic E-state index is 12.4. The van der Waals surface area contributed by atoms with E-state index in [4.69, 9.17) is 4.74 Å². The molecule has 3 N–H and O–H groups in total. The molecule has 70 heavy (non-hydrogen) atoms. The van der Waals surface area contributed by atoms with E-state index < -0.39 is 12.1 Å². The van der Waals surface area contributed by atoms with Crippen molar-refractivity contribution in [2.45, 2.75) is 360 Å². The first-order valence-corrected chi connectivity index (χ1v) is 31.6. The molecule has 0 aromatic carbocycles. The van der Waals surface area contributed by atoms with Crippen molar-refractivity contribution in [3.63, 3.8) is 0 Å². The monoisotopic (exact) mass is 986 g/mol. The van der Waals surface area contributed by atoms with Crippen molar-refractivity contribution in [2.24, 2.45) is 0 Å². The van der Waals surface area contributed by atoms with E-state index in [-0.39, 0.29) is 18.5 Å². The summed E-state index contributed by atoms with van der Waals surface area (Å²) in [6.07, 6.45) is 73.9. The molecule has 0 saturated carbocycles. The average Bonchev–Trinajstić information content (AvgIpc) is 3.36. The van der Waals surface area contributed by atoms with Gasteiger partial charge in [-0.15, -0.1) is 0 Å². The van der Waals surface area contributed by atoms with Crippen LogP contribution >= 0.6 is 0 Å². The molecule has 0 aliphatic heterocycles. The lowest BCUT2D eigenvalue weighted by Gasteiger charge is -2.20. The second-order valence-corrected chi connectivity index (χ2v) is 21.7. The third kappa shape index (κ3) is 55.7. The van der Waals surface area contributed by atoms with Gasteiger partial charge in [-0.25, -0.2) is 0 Å². The van der Waals surface area contributed by atoms with Gasteiger partial charge in [0.05, 0.1) is 25.4 Å². The van der Waals surface area contributed by atoms with Crippen LogP contribution in [0.3, 0.4) is 0 Å². The number of aliphatic hydroxyl groups is 2. The summed E-state index contributed by atoms with van der Waals surface area (Å²) >= 11 is 0. The molecule has 1 amide bonds. The van der Waals surface area contributed by atoms with Crippen molar-refractivity contribution in [2.75, 3.05) is 13.2 Å². The van der Waals surface area contributed by atoms with Gasteiger partial charge in [-0.2, -0.15) is 0 Å². The minimum absolute atomic E-state index is 0.0188. The summed E-state index contributed by atoms with van der Waals surface area (Å²) in [5.74, 6) is -0.0518. The van der Waals surface area contributed by atoms with E-state index >= 15 is 0 Å². The molecule has 2 atom stereocenters. The Labute approximate surface area is 437 Å². The lowest BCUT2D eigenvalue weighted by molar-refractivity contribution is -0.143. The second kappa shape index (κ2) is 59.9. The normalized spacial score (nSPS) is 12.7. The zero-order valence-electron chi connectivity index (χ0n) is 47.3. The van der Waals surface area contributed by atoms with Gasteiger partial charge in [-0.3, -0.25) is 9.59 Å². The number of aliphatic hydroxyl groups excluding tert-OH is 2. The maximum Gasteiger partial charge on any atom is 0.305 e. The van der Waals surface area contributed by atoms with Gasteiger partial charge < -0.3 is 20.3 Å². The molecule has 0 saturated heterocycles. The van der Waals surface area contributed by atoms with E-state index in [9.17, 15) is 19.8 Å². The molecule has 6 nitrogen and oxygen atoms in total. The van der Waals surface area contributed by atoms with Crippen molar-refractivity contribution >= 4 is 11.9 Å². The second-order valence-electron chi connectivity index (χ2n) is 21.7. The first-order chi connectivity index (χ1) is 34.5. The molecular weight excluding hydrogens is 863 g/mol. The van der Waals surface area contributed by atoms with Crippen LogP contribution in [0.15, 0.2) is 24.3 Å². The number of amides is 1. The highest BCUT2D eigenvalue weighted by Crippen LogP contribution is 2.18. The topological polar surface area (TPSA) is 95.9 Å². The van der Waals surface area contributed by atoms with E-state index in [2.05, 4.69) is 31.3 Å². The minimum atomic E-state index is -0.842. The van der Waals surface area contributed by atoms with Gasteiger partial charge in [0.15, 0.2) is 0 Å². The van der Waals surface area contributed by atoms with Gasteiger partial charge in [-0.1, -0.05) is 301 Å². The summed E-state index contributed by atoms with van der Waals surface area (Å²) in [5.41, 5.74) is 0. The van der Waals surface area contributed by atoms with E-state index in [1.165, 1.54) is 283 Å². The number of carbonyl (C=O) groups is 2. The van der Waals surface area contributed by atoms with Crippen molar-refractivity contribution in [1.29, 1.82) is 0 Å². The van der Waals surface area contributed by atoms with Gasteiger partial charge in [-0.05, 0) is 57.8 Å². The van der Waals surface area contributed by atoms with Crippen LogP contribution in [0, 0.1) is 0 Å². The van der Waals surface area contributed by atoms with Crippen LogP contribution in [0.2, 0.25) is 0 Å². The molecule has 414 valence electrons. The molecule has 0 aliphatic rings. The third-order valence-corrected chi connectivity index (χ3v) is 14.7. The quantitative estimate of drug-likeness (QED) is 0.0321. The predicted octanol–water partition coefficient (Wildman–Crippen LogP) is 19.8. The predicted molar refractivity (Wildman–Crippen MR) is 306 cm³/mol. The van der Waals surface area contributed by atoms with Gasteiger partial charge in [0.2, 0.25) is 5.91 Å². The van der Waals surface area contributed by atoms with Crippen LogP contribution in [-0.4, -0.2) is 47.4 Å². The Morgan fingerprint density at radius 3 is 1.01 bits per heavy atom.